The molecule has 0 bridgehead atoms. The number of halogens is 1. The molecule has 1 unspecified atom stereocenters. The SMILES string of the molecule is CC(c1ccc(Br)cc1)N1CC(C)(C)CO1. The summed E-state index contributed by atoms with van der Waals surface area (Å²) in [5, 5.41) is 2.09. The van der Waals surface area contributed by atoms with Crippen LogP contribution in [0.25, 0.3) is 0 Å². The van der Waals surface area contributed by atoms with E-state index in [1.54, 1.807) is 0 Å². The van der Waals surface area contributed by atoms with Gasteiger partial charge < -0.3 is 0 Å². The van der Waals surface area contributed by atoms with Gasteiger partial charge in [0, 0.05) is 16.4 Å². The van der Waals surface area contributed by atoms with Crippen LogP contribution in [0.3, 0.4) is 0 Å². The number of rotatable bonds is 2. The predicted molar refractivity (Wildman–Crippen MR) is 69.0 cm³/mol. The van der Waals surface area contributed by atoms with Gasteiger partial charge in [-0.15, -0.1) is 0 Å². The Labute approximate surface area is 106 Å². The fourth-order valence-electron chi connectivity index (χ4n) is 1.93. The molecule has 16 heavy (non-hydrogen) atoms. The van der Waals surface area contributed by atoms with Gasteiger partial charge in [-0.25, -0.2) is 0 Å². The molecule has 1 heterocycles. The molecule has 1 atom stereocenters. The molecule has 0 saturated carbocycles. The molecular weight excluding hydrogens is 266 g/mol. The third-order valence-electron chi connectivity index (χ3n) is 2.99. The lowest BCUT2D eigenvalue weighted by molar-refractivity contribution is -0.138. The summed E-state index contributed by atoms with van der Waals surface area (Å²) in [6.45, 7) is 8.46. The predicted octanol–water partition coefficient (Wildman–Crippen LogP) is 3.78. The molecule has 2 nitrogen and oxygen atoms in total. The van der Waals surface area contributed by atoms with E-state index in [4.69, 9.17) is 4.84 Å². The molecule has 0 spiro atoms. The molecule has 0 radical (unpaired) electrons. The average Bonchev–Trinajstić information content (AvgIpc) is 2.59. The summed E-state index contributed by atoms with van der Waals surface area (Å²) < 4.78 is 1.12. The Morgan fingerprint density at radius 2 is 1.94 bits per heavy atom. The van der Waals surface area contributed by atoms with Crippen molar-refractivity contribution in [3.8, 4) is 0 Å². The van der Waals surface area contributed by atoms with E-state index in [1.807, 2.05) is 0 Å². The van der Waals surface area contributed by atoms with E-state index in [2.05, 4.69) is 66.0 Å². The molecule has 3 heteroatoms. The van der Waals surface area contributed by atoms with Crippen molar-refractivity contribution in [2.75, 3.05) is 13.2 Å². The second-order valence-corrected chi connectivity index (χ2v) is 6.16. The lowest BCUT2D eigenvalue weighted by Gasteiger charge is -2.24. The minimum absolute atomic E-state index is 0.267. The minimum atomic E-state index is 0.267. The van der Waals surface area contributed by atoms with Crippen molar-refractivity contribution in [1.82, 2.24) is 5.06 Å². The molecule has 1 aliphatic rings. The van der Waals surface area contributed by atoms with Gasteiger partial charge in [0.05, 0.1) is 12.6 Å². The second kappa shape index (κ2) is 4.47. The topological polar surface area (TPSA) is 12.5 Å². The zero-order chi connectivity index (χ0) is 11.8. The fourth-order valence-corrected chi connectivity index (χ4v) is 2.19. The zero-order valence-electron chi connectivity index (χ0n) is 10.0. The summed E-state index contributed by atoms with van der Waals surface area (Å²) in [7, 11) is 0. The Bertz CT molecular complexity index is 361. The van der Waals surface area contributed by atoms with Gasteiger partial charge in [0.1, 0.15) is 0 Å². The molecule has 0 aromatic heterocycles. The molecular formula is C13H18BrNO. The molecule has 1 saturated heterocycles. The summed E-state index contributed by atoms with van der Waals surface area (Å²) in [6.07, 6.45) is 0. The van der Waals surface area contributed by atoms with Crippen LogP contribution >= 0.6 is 15.9 Å². The molecule has 2 rings (SSSR count). The lowest BCUT2D eigenvalue weighted by Crippen LogP contribution is -2.25. The van der Waals surface area contributed by atoms with E-state index in [1.165, 1.54) is 5.56 Å². The Kier molecular flexibility index (Phi) is 3.38. The van der Waals surface area contributed by atoms with Crippen molar-refractivity contribution in [3.63, 3.8) is 0 Å². The average molecular weight is 284 g/mol. The van der Waals surface area contributed by atoms with Gasteiger partial charge in [-0.2, -0.15) is 5.06 Å². The van der Waals surface area contributed by atoms with Crippen molar-refractivity contribution in [2.24, 2.45) is 5.41 Å². The third kappa shape index (κ3) is 2.65. The van der Waals surface area contributed by atoms with Gasteiger partial charge in [-0.05, 0) is 24.6 Å². The molecule has 1 aromatic carbocycles. The molecule has 0 N–H and O–H groups in total. The van der Waals surface area contributed by atoms with Crippen LogP contribution in [0.4, 0.5) is 0 Å². The van der Waals surface area contributed by atoms with Crippen molar-refractivity contribution < 1.29 is 4.84 Å². The van der Waals surface area contributed by atoms with E-state index in [0.717, 1.165) is 17.6 Å². The van der Waals surface area contributed by atoms with Gasteiger partial charge in [-0.1, -0.05) is 41.9 Å². The number of hydroxylamine groups is 2. The first-order valence-electron chi connectivity index (χ1n) is 5.63. The molecule has 1 aliphatic heterocycles. The zero-order valence-corrected chi connectivity index (χ0v) is 11.6. The Hall–Kier alpha value is -0.380. The van der Waals surface area contributed by atoms with Gasteiger partial charge >= 0.3 is 0 Å². The van der Waals surface area contributed by atoms with Crippen LogP contribution < -0.4 is 0 Å². The lowest BCUT2D eigenvalue weighted by atomic mass is 9.95. The van der Waals surface area contributed by atoms with E-state index in [9.17, 15) is 0 Å². The highest BCUT2D eigenvalue weighted by Gasteiger charge is 2.33. The molecule has 1 aromatic rings. The first kappa shape index (κ1) is 12.1. The number of hydrogen-bond donors (Lipinski definition) is 0. The van der Waals surface area contributed by atoms with E-state index in [0.29, 0.717) is 6.04 Å². The largest absolute Gasteiger partial charge is 0.298 e. The van der Waals surface area contributed by atoms with Gasteiger partial charge in [-0.3, -0.25) is 4.84 Å². The van der Waals surface area contributed by atoms with Crippen LogP contribution in [-0.2, 0) is 4.84 Å². The maximum absolute atomic E-state index is 5.74. The first-order chi connectivity index (χ1) is 7.48. The summed E-state index contributed by atoms with van der Waals surface area (Å²) in [5.41, 5.74) is 1.56. The summed E-state index contributed by atoms with van der Waals surface area (Å²) in [4.78, 5) is 5.74. The summed E-state index contributed by atoms with van der Waals surface area (Å²) in [5.74, 6) is 0. The van der Waals surface area contributed by atoms with Crippen LogP contribution in [0.5, 0.6) is 0 Å². The maximum Gasteiger partial charge on any atom is 0.0749 e. The van der Waals surface area contributed by atoms with Gasteiger partial charge in [0.15, 0.2) is 0 Å². The van der Waals surface area contributed by atoms with Crippen molar-refractivity contribution >= 4 is 15.9 Å². The van der Waals surface area contributed by atoms with E-state index >= 15 is 0 Å². The molecule has 0 amide bonds. The van der Waals surface area contributed by atoms with Crippen molar-refractivity contribution in [2.45, 2.75) is 26.8 Å². The van der Waals surface area contributed by atoms with E-state index in [-0.39, 0.29) is 5.41 Å². The van der Waals surface area contributed by atoms with Crippen LogP contribution in [-0.4, -0.2) is 18.2 Å². The normalized spacial score (nSPS) is 22.2. The number of hydrogen-bond acceptors (Lipinski definition) is 2. The highest BCUT2D eigenvalue weighted by atomic mass is 79.9. The molecule has 0 aliphatic carbocycles. The third-order valence-corrected chi connectivity index (χ3v) is 3.52. The Balaban J connectivity index is 2.08. The first-order valence-corrected chi connectivity index (χ1v) is 6.42. The minimum Gasteiger partial charge on any atom is -0.298 e. The standard InChI is InChI=1S/C13H18BrNO/c1-10(11-4-6-12(14)7-5-11)15-8-13(2,3)9-16-15/h4-7,10H,8-9H2,1-3H3. The van der Waals surface area contributed by atoms with E-state index < -0.39 is 0 Å². The van der Waals surface area contributed by atoms with Crippen LogP contribution in [0.2, 0.25) is 0 Å². The van der Waals surface area contributed by atoms with Crippen LogP contribution in [0.1, 0.15) is 32.4 Å². The second-order valence-electron chi connectivity index (χ2n) is 5.24. The Morgan fingerprint density at radius 3 is 2.44 bits per heavy atom. The highest BCUT2D eigenvalue weighted by Crippen LogP contribution is 2.32. The summed E-state index contributed by atoms with van der Waals surface area (Å²) >= 11 is 3.45. The van der Waals surface area contributed by atoms with Crippen LogP contribution in [0.15, 0.2) is 28.7 Å². The number of benzene rings is 1. The fraction of sp³-hybridized carbons (Fsp3) is 0.538. The quantitative estimate of drug-likeness (QED) is 0.819. The highest BCUT2D eigenvalue weighted by molar-refractivity contribution is 9.10. The molecule has 88 valence electrons. The van der Waals surface area contributed by atoms with Crippen molar-refractivity contribution in [1.29, 1.82) is 0 Å². The maximum atomic E-state index is 5.74. The summed E-state index contributed by atoms with van der Waals surface area (Å²) in [6, 6.07) is 8.75. The smallest absolute Gasteiger partial charge is 0.0749 e. The van der Waals surface area contributed by atoms with Gasteiger partial charge in [0.2, 0.25) is 0 Å². The van der Waals surface area contributed by atoms with Gasteiger partial charge in [0.25, 0.3) is 0 Å². The van der Waals surface area contributed by atoms with Crippen molar-refractivity contribution in [3.05, 3.63) is 34.3 Å². The Morgan fingerprint density at radius 1 is 1.31 bits per heavy atom. The monoisotopic (exact) mass is 283 g/mol. The van der Waals surface area contributed by atoms with Crippen LogP contribution in [0, 0.1) is 5.41 Å². The number of nitrogens with zero attached hydrogens (tertiary/aromatic N) is 1. The molecule has 1 fully saturated rings.